The Bertz CT molecular complexity index is 667. The number of aryl methyl sites for hydroxylation is 1. The van der Waals surface area contributed by atoms with Gasteiger partial charge < -0.3 is 0 Å². The third kappa shape index (κ3) is 3.71. The highest BCUT2D eigenvalue weighted by Crippen LogP contribution is 2.18. The second kappa shape index (κ2) is 5.63. The number of hydrogen-bond acceptors (Lipinski definition) is 3. The van der Waals surface area contributed by atoms with E-state index in [9.17, 15) is 8.42 Å². The molecule has 0 atom stereocenters. The number of benzene rings is 1. The Kier molecular flexibility index (Phi) is 4.11. The maximum Gasteiger partial charge on any atom is 0.238 e. The Labute approximate surface area is 117 Å². The van der Waals surface area contributed by atoms with E-state index in [4.69, 9.17) is 11.6 Å². The van der Waals surface area contributed by atoms with Crippen LogP contribution in [0.3, 0.4) is 0 Å². The fourth-order valence-electron chi connectivity index (χ4n) is 1.61. The number of aromatic nitrogens is 2. The summed E-state index contributed by atoms with van der Waals surface area (Å²) in [6, 6.07) is 8.48. The van der Waals surface area contributed by atoms with E-state index in [0.29, 0.717) is 22.9 Å². The van der Waals surface area contributed by atoms with Gasteiger partial charge in [0.2, 0.25) is 10.0 Å². The van der Waals surface area contributed by atoms with Gasteiger partial charge in [-0.25, -0.2) is 8.42 Å². The number of anilines is 1. The molecule has 0 spiro atoms. The largest absolute Gasteiger partial charge is 0.271 e. The Morgan fingerprint density at radius 1 is 1.32 bits per heavy atom. The lowest BCUT2D eigenvalue weighted by molar-refractivity contribution is 0.599. The Morgan fingerprint density at radius 3 is 2.68 bits per heavy atom. The standard InChI is InChI=1S/C12H14ClN3O2S/c1-2-16-8-7-12(14-16)15-19(17,18)9-10-5-3-4-6-11(10)13/h3-8H,2,9H2,1H3,(H,14,15). The summed E-state index contributed by atoms with van der Waals surface area (Å²) in [4.78, 5) is 0. The third-order valence-electron chi connectivity index (χ3n) is 2.53. The van der Waals surface area contributed by atoms with Crippen LogP contribution in [0.25, 0.3) is 0 Å². The Balaban J connectivity index is 2.13. The summed E-state index contributed by atoms with van der Waals surface area (Å²) in [6.45, 7) is 2.61. The van der Waals surface area contributed by atoms with Gasteiger partial charge in [-0.3, -0.25) is 9.40 Å². The van der Waals surface area contributed by atoms with E-state index >= 15 is 0 Å². The van der Waals surface area contributed by atoms with Gasteiger partial charge in [0, 0.05) is 23.8 Å². The van der Waals surface area contributed by atoms with Gasteiger partial charge in [-0.2, -0.15) is 5.10 Å². The quantitative estimate of drug-likeness (QED) is 0.922. The zero-order valence-corrected chi connectivity index (χ0v) is 11.9. The lowest BCUT2D eigenvalue weighted by Crippen LogP contribution is -2.16. The molecule has 0 aliphatic carbocycles. The van der Waals surface area contributed by atoms with Crippen molar-refractivity contribution in [1.29, 1.82) is 0 Å². The second-order valence-corrected chi connectivity index (χ2v) is 6.14. The molecule has 102 valence electrons. The maximum absolute atomic E-state index is 12.0. The van der Waals surface area contributed by atoms with Gasteiger partial charge in [-0.1, -0.05) is 29.8 Å². The molecule has 0 bridgehead atoms. The molecule has 0 saturated carbocycles. The number of sulfonamides is 1. The molecule has 1 N–H and O–H groups in total. The van der Waals surface area contributed by atoms with Crippen molar-refractivity contribution in [2.24, 2.45) is 0 Å². The van der Waals surface area contributed by atoms with Gasteiger partial charge in [0.05, 0.1) is 5.75 Å². The third-order valence-corrected chi connectivity index (χ3v) is 4.11. The summed E-state index contributed by atoms with van der Waals surface area (Å²) in [5, 5.41) is 4.51. The minimum atomic E-state index is -3.52. The molecule has 1 aromatic carbocycles. The van der Waals surface area contributed by atoms with Crippen molar-refractivity contribution >= 4 is 27.4 Å². The summed E-state index contributed by atoms with van der Waals surface area (Å²) < 4.78 is 28.1. The number of hydrogen-bond donors (Lipinski definition) is 1. The topological polar surface area (TPSA) is 64.0 Å². The summed E-state index contributed by atoms with van der Waals surface area (Å²) in [5.74, 6) is 0.139. The van der Waals surface area contributed by atoms with E-state index in [0.717, 1.165) is 0 Å². The van der Waals surface area contributed by atoms with Crippen molar-refractivity contribution < 1.29 is 8.42 Å². The fourth-order valence-corrected chi connectivity index (χ4v) is 3.05. The average Bonchev–Trinajstić information content (AvgIpc) is 2.78. The second-order valence-electron chi connectivity index (χ2n) is 4.01. The summed E-state index contributed by atoms with van der Waals surface area (Å²) >= 11 is 5.95. The minimum absolute atomic E-state index is 0.175. The molecule has 2 rings (SSSR count). The van der Waals surface area contributed by atoms with Crippen LogP contribution in [0.5, 0.6) is 0 Å². The number of halogens is 1. The molecule has 19 heavy (non-hydrogen) atoms. The molecule has 5 nitrogen and oxygen atoms in total. The van der Waals surface area contributed by atoms with Crippen LogP contribution in [0.2, 0.25) is 5.02 Å². The predicted octanol–water partition coefficient (Wildman–Crippen LogP) is 2.50. The van der Waals surface area contributed by atoms with Crippen molar-refractivity contribution in [2.45, 2.75) is 19.2 Å². The Hall–Kier alpha value is -1.53. The van der Waals surface area contributed by atoms with Crippen molar-refractivity contribution in [3.05, 3.63) is 47.1 Å². The molecule has 0 amide bonds. The van der Waals surface area contributed by atoms with Crippen LogP contribution in [0.15, 0.2) is 36.5 Å². The highest BCUT2D eigenvalue weighted by atomic mass is 35.5. The molecule has 7 heteroatoms. The molecule has 1 aromatic heterocycles. The summed E-state index contributed by atoms with van der Waals surface area (Å²) in [6.07, 6.45) is 1.72. The SMILES string of the molecule is CCn1ccc(NS(=O)(=O)Cc2ccccc2Cl)n1. The van der Waals surface area contributed by atoms with E-state index in [1.54, 1.807) is 41.2 Å². The Morgan fingerprint density at radius 2 is 2.05 bits per heavy atom. The van der Waals surface area contributed by atoms with Crippen molar-refractivity contribution in [3.8, 4) is 0 Å². The lowest BCUT2D eigenvalue weighted by Gasteiger charge is -2.06. The van der Waals surface area contributed by atoms with Crippen molar-refractivity contribution in [3.63, 3.8) is 0 Å². The molecule has 2 aromatic rings. The first kappa shape index (κ1) is 13.9. The summed E-state index contributed by atoms with van der Waals surface area (Å²) in [5.41, 5.74) is 0.562. The number of nitrogens with one attached hydrogen (secondary N) is 1. The zero-order valence-electron chi connectivity index (χ0n) is 10.4. The molecular weight excluding hydrogens is 286 g/mol. The molecule has 0 saturated heterocycles. The van der Waals surface area contributed by atoms with E-state index in [1.165, 1.54) is 0 Å². The molecular formula is C12H14ClN3O2S. The van der Waals surface area contributed by atoms with Crippen LogP contribution in [0.4, 0.5) is 5.82 Å². The van der Waals surface area contributed by atoms with Crippen LogP contribution in [0, 0.1) is 0 Å². The molecule has 0 radical (unpaired) electrons. The zero-order chi connectivity index (χ0) is 13.9. The highest BCUT2D eigenvalue weighted by Gasteiger charge is 2.14. The smallest absolute Gasteiger partial charge is 0.238 e. The first-order valence-electron chi connectivity index (χ1n) is 5.77. The van der Waals surface area contributed by atoms with Gasteiger partial charge in [-0.05, 0) is 18.6 Å². The predicted molar refractivity (Wildman–Crippen MR) is 75.6 cm³/mol. The van der Waals surface area contributed by atoms with Crippen LogP contribution in [-0.4, -0.2) is 18.2 Å². The van der Waals surface area contributed by atoms with Gasteiger partial charge in [0.15, 0.2) is 5.82 Å². The van der Waals surface area contributed by atoms with Gasteiger partial charge >= 0.3 is 0 Å². The maximum atomic E-state index is 12.0. The highest BCUT2D eigenvalue weighted by molar-refractivity contribution is 7.91. The van der Waals surface area contributed by atoms with Gasteiger partial charge in [0.1, 0.15) is 0 Å². The average molecular weight is 300 g/mol. The number of nitrogens with zero attached hydrogens (tertiary/aromatic N) is 2. The minimum Gasteiger partial charge on any atom is -0.271 e. The molecule has 0 fully saturated rings. The van der Waals surface area contributed by atoms with Crippen LogP contribution in [-0.2, 0) is 22.3 Å². The normalized spacial score (nSPS) is 11.5. The van der Waals surface area contributed by atoms with Gasteiger partial charge in [0.25, 0.3) is 0 Å². The monoisotopic (exact) mass is 299 g/mol. The number of rotatable bonds is 5. The van der Waals surface area contributed by atoms with Crippen LogP contribution in [0.1, 0.15) is 12.5 Å². The van der Waals surface area contributed by atoms with Crippen molar-refractivity contribution in [2.75, 3.05) is 4.72 Å². The first-order valence-corrected chi connectivity index (χ1v) is 7.80. The lowest BCUT2D eigenvalue weighted by atomic mass is 10.2. The first-order chi connectivity index (χ1) is 9.00. The molecule has 1 heterocycles. The van der Waals surface area contributed by atoms with E-state index in [-0.39, 0.29) is 5.75 Å². The molecule has 0 aliphatic heterocycles. The van der Waals surface area contributed by atoms with E-state index in [2.05, 4.69) is 9.82 Å². The van der Waals surface area contributed by atoms with Crippen LogP contribution >= 0.6 is 11.6 Å². The fraction of sp³-hybridized carbons (Fsp3) is 0.250. The molecule has 0 unspecified atom stereocenters. The molecule has 0 aliphatic rings. The van der Waals surface area contributed by atoms with E-state index in [1.807, 2.05) is 6.92 Å². The van der Waals surface area contributed by atoms with Crippen molar-refractivity contribution in [1.82, 2.24) is 9.78 Å². The summed E-state index contributed by atoms with van der Waals surface area (Å²) in [7, 11) is -3.52. The van der Waals surface area contributed by atoms with Crippen LogP contribution < -0.4 is 4.72 Å². The van der Waals surface area contributed by atoms with E-state index < -0.39 is 10.0 Å². The van der Waals surface area contributed by atoms with Gasteiger partial charge in [-0.15, -0.1) is 0 Å².